The Balaban J connectivity index is 2.24. The van der Waals surface area contributed by atoms with Crippen LogP contribution in [0.4, 0.5) is 5.82 Å². The molecule has 5 nitrogen and oxygen atoms in total. The van der Waals surface area contributed by atoms with E-state index in [1.165, 1.54) is 0 Å². The fourth-order valence-electron chi connectivity index (χ4n) is 2.16. The van der Waals surface area contributed by atoms with Crippen molar-refractivity contribution in [3.63, 3.8) is 0 Å². The average molecular weight is 264 g/mol. The molecule has 1 amide bonds. The third-order valence-corrected chi connectivity index (χ3v) is 3.37. The Kier molecular flexibility index (Phi) is 3.47. The third-order valence-electron chi connectivity index (χ3n) is 3.14. The molecule has 96 valence electrons. The van der Waals surface area contributed by atoms with Crippen molar-refractivity contribution in [1.82, 2.24) is 4.98 Å². The first-order valence-electron chi connectivity index (χ1n) is 5.80. The predicted molar refractivity (Wildman–Crippen MR) is 74.4 cm³/mol. The minimum atomic E-state index is -0.250. The average Bonchev–Trinajstić information content (AvgIpc) is 2.77. The zero-order chi connectivity index (χ0) is 13.3. The number of anilines is 1. The van der Waals surface area contributed by atoms with Gasteiger partial charge in [0.1, 0.15) is 10.8 Å². The lowest BCUT2D eigenvalue weighted by molar-refractivity contribution is -0.121. The predicted octanol–water partition coefficient (Wildman–Crippen LogP) is 0.336. The summed E-state index contributed by atoms with van der Waals surface area (Å²) in [6, 6.07) is 3.71. The van der Waals surface area contributed by atoms with Crippen LogP contribution in [0.3, 0.4) is 0 Å². The summed E-state index contributed by atoms with van der Waals surface area (Å²) < 4.78 is 0. The van der Waals surface area contributed by atoms with E-state index >= 15 is 0 Å². The number of rotatable bonds is 3. The number of aryl methyl sites for hydroxylation is 1. The second-order valence-corrected chi connectivity index (χ2v) is 4.99. The van der Waals surface area contributed by atoms with E-state index in [0.717, 1.165) is 30.0 Å². The second-order valence-electron chi connectivity index (χ2n) is 4.55. The maximum absolute atomic E-state index is 11.2. The van der Waals surface area contributed by atoms with Crippen LogP contribution in [0.5, 0.6) is 0 Å². The summed E-state index contributed by atoms with van der Waals surface area (Å²) in [6.45, 7) is 3.29. The molecule has 1 atom stereocenters. The summed E-state index contributed by atoms with van der Waals surface area (Å²) in [5.41, 5.74) is 12.6. The smallest absolute Gasteiger partial charge is 0.222 e. The Bertz CT molecular complexity index is 503. The first-order valence-corrected chi connectivity index (χ1v) is 6.21. The maximum atomic E-state index is 11.2. The van der Waals surface area contributed by atoms with Gasteiger partial charge in [-0.1, -0.05) is 12.2 Å². The number of aromatic nitrogens is 1. The first-order chi connectivity index (χ1) is 8.47. The highest BCUT2D eigenvalue weighted by Crippen LogP contribution is 2.23. The summed E-state index contributed by atoms with van der Waals surface area (Å²) in [4.78, 5) is 18.0. The molecular weight excluding hydrogens is 248 g/mol. The van der Waals surface area contributed by atoms with E-state index in [1.807, 2.05) is 24.0 Å². The number of thiocarbonyl (C=S) groups is 1. The summed E-state index contributed by atoms with van der Waals surface area (Å²) >= 11 is 4.98. The van der Waals surface area contributed by atoms with Crippen LogP contribution in [0.25, 0.3) is 0 Å². The van der Waals surface area contributed by atoms with Crippen LogP contribution in [0.1, 0.15) is 17.7 Å². The van der Waals surface area contributed by atoms with Crippen molar-refractivity contribution in [3.05, 3.63) is 23.4 Å². The van der Waals surface area contributed by atoms with E-state index in [4.69, 9.17) is 23.7 Å². The number of hydrogen-bond acceptors (Lipinski definition) is 4. The molecule has 1 saturated heterocycles. The molecule has 0 bridgehead atoms. The van der Waals surface area contributed by atoms with Gasteiger partial charge >= 0.3 is 0 Å². The molecule has 0 aliphatic carbocycles. The standard InChI is InChI=1S/C12H16N4OS/c1-7-4-9(12(14)18)5-10(15-7)16-3-2-8(6-16)11(13)17/h4-5,8H,2-3,6H2,1H3,(H2,13,17)(H2,14,18). The van der Waals surface area contributed by atoms with Gasteiger partial charge in [0, 0.05) is 24.3 Å². The highest BCUT2D eigenvalue weighted by atomic mass is 32.1. The lowest BCUT2D eigenvalue weighted by Gasteiger charge is -2.18. The maximum Gasteiger partial charge on any atom is 0.222 e. The number of pyridine rings is 1. The fraction of sp³-hybridized carbons (Fsp3) is 0.417. The Labute approximate surface area is 111 Å². The van der Waals surface area contributed by atoms with Crippen LogP contribution in [0.2, 0.25) is 0 Å². The van der Waals surface area contributed by atoms with Gasteiger partial charge in [-0.2, -0.15) is 0 Å². The molecule has 6 heteroatoms. The van der Waals surface area contributed by atoms with E-state index in [0.29, 0.717) is 11.5 Å². The Morgan fingerprint density at radius 2 is 2.22 bits per heavy atom. The molecule has 18 heavy (non-hydrogen) atoms. The molecule has 0 spiro atoms. The second kappa shape index (κ2) is 4.89. The topological polar surface area (TPSA) is 85.2 Å². The molecule has 1 aromatic heterocycles. The third kappa shape index (κ3) is 2.59. The minimum absolute atomic E-state index is 0.0967. The van der Waals surface area contributed by atoms with Crippen molar-refractivity contribution in [3.8, 4) is 0 Å². The number of nitrogens with zero attached hydrogens (tertiary/aromatic N) is 2. The van der Waals surface area contributed by atoms with E-state index in [2.05, 4.69) is 4.98 Å². The molecule has 1 aliphatic rings. The van der Waals surface area contributed by atoms with E-state index in [9.17, 15) is 4.79 Å². The zero-order valence-corrected chi connectivity index (χ0v) is 11.0. The van der Waals surface area contributed by atoms with Gasteiger partial charge in [-0.15, -0.1) is 0 Å². The van der Waals surface area contributed by atoms with Crippen LogP contribution in [-0.4, -0.2) is 29.0 Å². The van der Waals surface area contributed by atoms with Crippen LogP contribution >= 0.6 is 12.2 Å². The van der Waals surface area contributed by atoms with Crippen molar-refractivity contribution >= 4 is 28.9 Å². The van der Waals surface area contributed by atoms with Gasteiger partial charge < -0.3 is 16.4 Å². The van der Waals surface area contributed by atoms with Crippen molar-refractivity contribution in [2.75, 3.05) is 18.0 Å². The molecule has 4 N–H and O–H groups in total. The lowest BCUT2D eigenvalue weighted by atomic mass is 10.1. The monoisotopic (exact) mass is 264 g/mol. The summed E-state index contributed by atoms with van der Waals surface area (Å²) in [7, 11) is 0. The van der Waals surface area contributed by atoms with Crippen LogP contribution < -0.4 is 16.4 Å². The molecule has 2 heterocycles. The molecule has 0 radical (unpaired) electrons. The Morgan fingerprint density at radius 1 is 1.50 bits per heavy atom. The van der Waals surface area contributed by atoms with Crippen molar-refractivity contribution < 1.29 is 4.79 Å². The van der Waals surface area contributed by atoms with E-state index in [-0.39, 0.29) is 11.8 Å². The molecule has 1 aromatic rings. The van der Waals surface area contributed by atoms with Crippen molar-refractivity contribution in [1.29, 1.82) is 0 Å². The molecule has 1 fully saturated rings. The summed E-state index contributed by atoms with van der Waals surface area (Å²) in [5.74, 6) is 0.460. The fourth-order valence-corrected chi connectivity index (χ4v) is 2.27. The number of carbonyl (C=O) groups is 1. The SMILES string of the molecule is Cc1cc(C(N)=S)cc(N2CCC(C(N)=O)C2)n1. The zero-order valence-electron chi connectivity index (χ0n) is 10.2. The van der Waals surface area contributed by atoms with Gasteiger partial charge in [-0.25, -0.2) is 4.98 Å². The van der Waals surface area contributed by atoms with Crippen molar-refractivity contribution in [2.24, 2.45) is 17.4 Å². The Hall–Kier alpha value is -1.69. The summed E-state index contributed by atoms with van der Waals surface area (Å²) in [6.07, 6.45) is 0.771. The van der Waals surface area contributed by atoms with Gasteiger partial charge in [0.2, 0.25) is 5.91 Å². The molecule has 0 aromatic carbocycles. The van der Waals surface area contributed by atoms with Gasteiger partial charge in [-0.3, -0.25) is 4.79 Å². The lowest BCUT2D eigenvalue weighted by Crippen LogP contribution is -2.28. The van der Waals surface area contributed by atoms with Crippen LogP contribution in [-0.2, 0) is 4.79 Å². The van der Waals surface area contributed by atoms with Crippen LogP contribution in [0.15, 0.2) is 12.1 Å². The highest BCUT2D eigenvalue weighted by Gasteiger charge is 2.27. The van der Waals surface area contributed by atoms with Crippen molar-refractivity contribution in [2.45, 2.75) is 13.3 Å². The largest absolute Gasteiger partial charge is 0.389 e. The number of nitrogens with two attached hydrogens (primary N) is 2. The highest BCUT2D eigenvalue weighted by molar-refractivity contribution is 7.80. The Morgan fingerprint density at radius 3 is 2.78 bits per heavy atom. The molecule has 2 rings (SSSR count). The van der Waals surface area contributed by atoms with Crippen LogP contribution in [0, 0.1) is 12.8 Å². The minimum Gasteiger partial charge on any atom is -0.389 e. The molecule has 1 unspecified atom stereocenters. The first kappa shape index (κ1) is 12.8. The number of carbonyl (C=O) groups excluding carboxylic acids is 1. The number of amides is 1. The molecule has 0 saturated carbocycles. The van der Waals surface area contributed by atoms with Gasteiger partial charge in [0.05, 0.1) is 5.92 Å². The molecule has 1 aliphatic heterocycles. The van der Waals surface area contributed by atoms with Gasteiger partial charge in [-0.05, 0) is 25.5 Å². The normalized spacial score (nSPS) is 18.9. The quantitative estimate of drug-likeness (QED) is 0.769. The van der Waals surface area contributed by atoms with E-state index in [1.54, 1.807) is 0 Å². The van der Waals surface area contributed by atoms with E-state index < -0.39 is 0 Å². The van der Waals surface area contributed by atoms with Gasteiger partial charge in [0.15, 0.2) is 0 Å². The number of primary amides is 1. The molecular formula is C12H16N4OS. The van der Waals surface area contributed by atoms with Gasteiger partial charge in [0.25, 0.3) is 0 Å². The summed E-state index contributed by atoms with van der Waals surface area (Å²) in [5, 5.41) is 0. The number of hydrogen-bond donors (Lipinski definition) is 2.